The van der Waals surface area contributed by atoms with Crippen LogP contribution in [0.2, 0.25) is 0 Å². The average Bonchev–Trinajstić information content (AvgIpc) is 2.87. The van der Waals surface area contributed by atoms with Crippen molar-refractivity contribution in [2.45, 2.75) is 23.3 Å². The Morgan fingerprint density at radius 3 is 2.19 bits per heavy atom. The third-order valence-electron chi connectivity index (χ3n) is 4.65. The molecule has 9 nitrogen and oxygen atoms in total. The van der Waals surface area contributed by atoms with Crippen LogP contribution in [0, 0.1) is 0 Å². The van der Waals surface area contributed by atoms with Crippen molar-refractivity contribution in [3.63, 3.8) is 0 Å². The molecule has 3 rings (SSSR count). The Morgan fingerprint density at radius 2 is 1.69 bits per heavy atom. The van der Waals surface area contributed by atoms with Gasteiger partial charge in [-0.3, -0.25) is 10.1 Å². The number of halogens is 1. The monoisotopic (exact) mass is 447 g/mol. The highest BCUT2D eigenvalue weighted by Gasteiger charge is 2.49. The zero-order valence-electron chi connectivity index (χ0n) is 14.2. The lowest BCUT2D eigenvalue weighted by atomic mass is 9.89. The van der Waals surface area contributed by atoms with E-state index in [0.29, 0.717) is 16.0 Å². The van der Waals surface area contributed by atoms with Crippen molar-refractivity contribution in [2.24, 2.45) is 0 Å². The standard InChI is InChI=1S/C15H18BrN3O6S/c1-24-10-7-9(16)12(8-11(10)25-2)26(22,23)19-5-3-15(4-6-19)13(20)17-14(21)18-15/h7-8H,3-6H2,1-2H3,(H2,17,18,20,21). The molecular weight excluding hydrogens is 430 g/mol. The molecule has 1 spiro atoms. The Morgan fingerprint density at radius 1 is 1.12 bits per heavy atom. The van der Waals surface area contributed by atoms with E-state index < -0.39 is 27.5 Å². The van der Waals surface area contributed by atoms with Gasteiger partial charge in [0.15, 0.2) is 11.5 Å². The average molecular weight is 448 g/mol. The van der Waals surface area contributed by atoms with Crippen LogP contribution in [0.1, 0.15) is 12.8 Å². The van der Waals surface area contributed by atoms with E-state index in [9.17, 15) is 18.0 Å². The summed E-state index contributed by atoms with van der Waals surface area (Å²) in [6.07, 6.45) is 0.406. The third kappa shape index (κ3) is 3.03. The van der Waals surface area contributed by atoms with E-state index >= 15 is 0 Å². The molecule has 26 heavy (non-hydrogen) atoms. The van der Waals surface area contributed by atoms with Crippen molar-refractivity contribution >= 4 is 37.9 Å². The zero-order valence-corrected chi connectivity index (χ0v) is 16.6. The minimum absolute atomic E-state index is 0.0472. The lowest BCUT2D eigenvalue weighted by Gasteiger charge is -2.36. The molecule has 3 amide bonds. The van der Waals surface area contributed by atoms with E-state index in [-0.39, 0.29) is 30.8 Å². The molecule has 0 atom stereocenters. The van der Waals surface area contributed by atoms with Crippen LogP contribution in [-0.2, 0) is 14.8 Å². The van der Waals surface area contributed by atoms with Crippen LogP contribution in [0.5, 0.6) is 11.5 Å². The van der Waals surface area contributed by atoms with Crippen molar-refractivity contribution in [1.82, 2.24) is 14.9 Å². The topological polar surface area (TPSA) is 114 Å². The Bertz CT molecular complexity index is 864. The number of hydrogen-bond donors (Lipinski definition) is 2. The summed E-state index contributed by atoms with van der Waals surface area (Å²) in [7, 11) is -0.934. The van der Waals surface area contributed by atoms with Crippen LogP contribution in [-0.4, -0.2) is 57.5 Å². The van der Waals surface area contributed by atoms with Crippen molar-refractivity contribution in [2.75, 3.05) is 27.3 Å². The fourth-order valence-electron chi connectivity index (χ4n) is 3.16. The van der Waals surface area contributed by atoms with Crippen LogP contribution in [0.15, 0.2) is 21.5 Å². The van der Waals surface area contributed by atoms with Gasteiger partial charge in [0, 0.05) is 23.6 Å². The Balaban J connectivity index is 1.86. The van der Waals surface area contributed by atoms with Crippen molar-refractivity contribution in [3.8, 4) is 11.5 Å². The summed E-state index contributed by atoms with van der Waals surface area (Å²) in [5.41, 5.74) is -1.03. The Hall–Kier alpha value is -1.85. The molecule has 0 aromatic heterocycles. The van der Waals surface area contributed by atoms with Gasteiger partial charge in [0.25, 0.3) is 5.91 Å². The van der Waals surface area contributed by atoms with Gasteiger partial charge in [-0.25, -0.2) is 13.2 Å². The number of rotatable bonds is 4. The summed E-state index contributed by atoms with van der Waals surface area (Å²) in [6.45, 7) is 0.216. The first-order valence-electron chi connectivity index (χ1n) is 7.79. The lowest BCUT2D eigenvalue weighted by Crippen LogP contribution is -2.55. The van der Waals surface area contributed by atoms with Gasteiger partial charge < -0.3 is 14.8 Å². The summed E-state index contributed by atoms with van der Waals surface area (Å²) < 4.78 is 38.1. The molecule has 2 N–H and O–H groups in total. The highest BCUT2D eigenvalue weighted by molar-refractivity contribution is 9.10. The highest BCUT2D eigenvalue weighted by atomic mass is 79.9. The van der Waals surface area contributed by atoms with E-state index in [1.54, 1.807) is 0 Å². The fraction of sp³-hybridized carbons (Fsp3) is 0.467. The van der Waals surface area contributed by atoms with E-state index in [4.69, 9.17) is 9.47 Å². The molecule has 2 heterocycles. The van der Waals surface area contributed by atoms with Crippen LogP contribution in [0.25, 0.3) is 0 Å². The molecule has 11 heteroatoms. The summed E-state index contributed by atoms with van der Waals surface area (Å²) in [6, 6.07) is 2.38. The number of hydrogen-bond acceptors (Lipinski definition) is 6. The molecule has 1 aromatic carbocycles. The normalized spacial score (nSPS) is 20.0. The number of sulfonamides is 1. The second-order valence-electron chi connectivity index (χ2n) is 6.03. The van der Waals surface area contributed by atoms with Gasteiger partial charge >= 0.3 is 6.03 Å². The van der Waals surface area contributed by atoms with Crippen LogP contribution < -0.4 is 20.1 Å². The van der Waals surface area contributed by atoms with Gasteiger partial charge in [0.2, 0.25) is 10.0 Å². The van der Waals surface area contributed by atoms with Crippen molar-refractivity contribution < 1.29 is 27.5 Å². The van der Waals surface area contributed by atoms with Crippen molar-refractivity contribution in [3.05, 3.63) is 16.6 Å². The molecule has 2 saturated heterocycles. The first kappa shape index (κ1) is 18.9. The zero-order chi connectivity index (χ0) is 19.1. The number of piperidine rings is 1. The van der Waals surface area contributed by atoms with Gasteiger partial charge in [-0.15, -0.1) is 0 Å². The molecule has 2 aliphatic heterocycles. The lowest BCUT2D eigenvalue weighted by molar-refractivity contribution is -0.125. The predicted octanol–water partition coefficient (Wildman–Crippen LogP) is 0.829. The molecule has 0 bridgehead atoms. The summed E-state index contributed by atoms with van der Waals surface area (Å²) >= 11 is 3.27. The van der Waals surface area contributed by atoms with Gasteiger partial charge in [0.05, 0.1) is 14.2 Å². The first-order valence-corrected chi connectivity index (χ1v) is 10.0. The largest absolute Gasteiger partial charge is 0.493 e. The molecule has 2 fully saturated rings. The van der Waals surface area contributed by atoms with Crippen LogP contribution in [0.3, 0.4) is 0 Å². The number of nitrogens with one attached hydrogen (secondary N) is 2. The summed E-state index contributed by atoms with van der Waals surface area (Å²) in [5, 5.41) is 4.81. The molecule has 0 radical (unpaired) electrons. The number of methoxy groups -OCH3 is 2. The number of carbonyl (C=O) groups excluding carboxylic acids is 2. The maximum Gasteiger partial charge on any atom is 0.322 e. The molecule has 0 saturated carbocycles. The van der Waals surface area contributed by atoms with Crippen molar-refractivity contribution in [1.29, 1.82) is 0 Å². The van der Waals surface area contributed by atoms with E-state index in [0.717, 1.165) is 0 Å². The minimum atomic E-state index is -3.82. The second-order valence-corrected chi connectivity index (χ2v) is 8.79. The maximum absolute atomic E-state index is 13.0. The van der Waals surface area contributed by atoms with E-state index in [2.05, 4.69) is 26.6 Å². The van der Waals surface area contributed by atoms with Gasteiger partial charge in [-0.1, -0.05) is 0 Å². The minimum Gasteiger partial charge on any atom is -0.493 e. The Kier molecular flexibility index (Phi) is 4.88. The van der Waals surface area contributed by atoms with Gasteiger partial charge in [0.1, 0.15) is 10.4 Å². The summed E-state index contributed by atoms with van der Waals surface area (Å²) in [4.78, 5) is 23.4. The number of ether oxygens (including phenoxy) is 2. The SMILES string of the molecule is COc1cc(Br)c(S(=O)(=O)N2CCC3(CC2)NC(=O)NC3=O)cc1OC. The van der Waals surface area contributed by atoms with E-state index in [1.807, 2.05) is 0 Å². The maximum atomic E-state index is 13.0. The second kappa shape index (κ2) is 6.71. The molecule has 142 valence electrons. The molecule has 1 aromatic rings. The quantitative estimate of drug-likeness (QED) is 0.660. The number of benzene rings is 1. The van der Waals surface area contributed by atoms with Gasteiger partial charge in [-0.2, -0.15) is 4.31 Å². The molecule has 2 aliphatic rings. The van der Waals surface area contributed by atoms with E-state index in [1.165, 1.54) is 30.7 Å². The molecule has 0 unspecified atom stereocenters. The number of urea groups is 1. The number of nitrogens with zero attached hydrogens (tertiary/aromatic N) is 1. The number of carbonyl (C=O) groups is 2. The first-order chi connectivity index (χ1) is 12.2. The third-order valence-corrected chi connectivity index (χ3v) is 7.50. The van der Waals surface area contributed by atoms with Crippen LogP contribution in [0.4, 0.5) is 4.79 Å². The Labute approximate surface area is 159 Å². The van der Waals surface area contributed by atoms with Crippen LogP contribution >= 0.6 is 15.9 Å². The smallest absolute Gasteiger partial charge is 0.322 e. The number of imide groups is 1. The predicted molar refractivity (Wildman–Crippen MR) is 94.6 cm³/mol. The van der Waals surface area contributed by atoms with Gasteiger partial charge in [-0.05, 0) is 34.8 Å². The highest BCUT2D eigenvalue weighted by Crippen LogP contribution is 2.38. The molecular formula is C15H18BrN3O6S. The number of amides is 3. The fourth-order valence-corrected chi connectivity index (χ4v) is 5.60. The molecule has 0 aliphatic carbocycles. The summed E-state index contributed by atoms with van der Waals surface area (Å²) in [5.74, 6) is 0.290.